The molecule has 0 fully saturated rings. The highest BCUT2D eigenvalue weighted by Gasteiger charge is 2.32. The van der Waals surface area contributed by atoms with Gasteiger partial charge in [0.1, 0.15) is 6.04 Å². The lowest BCUT2D eigenvalue weighted by molar-refractivity contribution is -0.145. The van der Waals surface area contributed by atoms with Crippen molar-refractivity contribution < 1.29 is 24.6 Å². The van der Waals surface area contributed by atoms with Crippen molar-refractivity contribution in [1.29, 1.82) is 0 Å². The van der Waals surface area contributed by atoms with E-state index in [9.17, 15) is 19.5 Å². The van der Waals surface area contributed by atoms with Crippen molar-refractivity contribution in [3.05, 3.63) is 18.2 Å². The molecule has 1 rings (SSSR count). The predicted octanol–water partition coefficient (Wildman–Crippen LogP) is -1.24. The van der Waals surface area contributed by atoms with Gasteiger partial charge in [-0.25, -0.2) is 9.78 Å². The van der Waals surface area contributed by atoms with E-state index in [4.69, 9.17) is 10.8 Å². The molecular weight excluding hydrogens is 342 g/mol. The van der Waals surface area contributed by atoms with Crippen molar-refractivity contribution in [3.63, 3.8) is 0 Å². The molecule has 0 bridgehead atoms. The second-order valence-electron chi connectivity index (χ2n) is 6.32. The van der Waals surface area contributed by atoms with Crippen LogP contribution in [0, 0.1) is 5.92 Å². The van der Waals surface area contributed by atoms with Crippen LogP contribution in [-0.4, -0.2) is 62.2 Å². The molecule has 0 unspecified atom stereocenters. The molecule has 2 amide bonds. The van der Waals surface area contributed by atoms with Crippen molar-refractivity contribution in [2.75, 3.05) is 0 Å². The number of hydrogen-bond donors (Lipinski definition) is 6. The van der Waals surface area contributed by atoms with Crippen LogP contribution >= 0.6 is 0 Å². The number of aliphatic carboxylic acids is 1. The summed E-state index contributed by atoms with van der Waals surface area (Å²) in [5.41, 5.74) is 6.55. The molecule has 1 aromatic heterocycles. The first-order chi connectivity index (χ1) is 12.2. The summed E-state index contributed by atoms with van der Waals surface area (Å²) < 4.78 is 0. The van der Waals surface area contributed by atoms with Crippen LogP contribution < -0.4 is 16.4 Å². The van der Waals surface area contributed by atoms with Crippen LogP contribution in [0.5, 0.6) is 0 Å². The van der Waals surface area contributed by atoms with Crippen LogP contribution in [-0.2, 0) is 20.8 Å². The molecule has 1 aromatic rings. The van der Waals surface area contributed by atoms with Gasteiger partial charge in [0.05, 0.1) is 18.5 Å². The summed E-state index contributed by atoms with van der Waals surface area (Å²) in [5, 5.41) is 23.4. The van der Waals surface area contributed by atoms with Crippen LogP contribution in [0.15, 0.2) is 12.5 Å². The number of aromatic amines is 1. The lowest BCUT2D eigenvalue weighted by Gasteiger charge is -2.27. The molecule has 0 aromatic carbocycles. The molecule has 0 saturated carbocycles. The fraction of sp³-hybridized carbons (Fsp3) is 0.625. The lowest BCUT2D eigenvalue weighted by atomic mass is 9.97. The van der Waals surface area contributed by atoms with Gasteiger partial charge in [-0.2, -0.15) is 0 Å². The molecule has 0 spiro atoms. The van der Waals surface area contributed by atoms with E-state index in [-0.39, 0.29) is 12.3 Å². The molecule has 0 radical (unpaired) electrons. The summed E-state index contributed by atoms with van der Waals surface area (Å²) in [4.78, 5) is 42.7. The number of aliphatic hydroxyl groups is 1. The summed E-state index contributed by atoms with van der Waals surface area (Å²) in [5.74, 6) is -2.85. The SMILES string of the molecule is CC[C@H](C)[C@H](NC(=O)[C@@H](N)Cc1cnc[nH]1)C(=O)N[C@H](C(=O)O)[C@@H](C)O. The van der Waals surface area contributed by atoms with Crippen molar-refractivity contribution >= 4 is 17.8 Å². The molecule has 1 heterocycles. The number of aromatic nitrogens is 2. The molecule has 0 saturated heterocycles. The molecular formula is C16H27N5O5. The minimum Gasteiger partial charge on any atom is -0.480 e. The zero-order valence-corrected chi connectivity index (χ0v) is 15.1. The maximum atomic E-state index is 12.5. The quantitative estimate of drug-likeness (QED) is 0.299. The summed E-state index contributed by atoms with van der Waals surface area (Å²) in [7, 11) is 0. The number of carboxylic acids is 1. The first kappa shape index (κ1) is 21.6. The number of carbonyl (C=O) groups is 3. The normalized spacial score (nSPS) is 16.8. The number of nitrogens with one attached hydrogen (secondary N) is 3. The van der Waals surface area contributed by atoms with E-state index in [1.807, 2.05) is 6.92 Å². The van der Waals surface area contributed by atoms with Crippen LogP contribution in [0.25, 0.3) is 0 Å². The number of hydrogen-bond acceptors (Lipinski definition) is 6. The van der Waals surface area contributed by atoms with Gasteiger partial charge in [-0.1, -0.05) is 20.3 Å². The number of carbonyl (C=O) groups excluding carboxylic acids is 2. The summed E-state index contributed by atoms with van der Waals surface area (Å²) >= 11 is 0. The van der Waals surface area contributed by atoms with Gasteiger partial charge < -0.3 is 31.6 Å². The number of imidazole rings is 1. The van der Waals surface area contributed by atoms with E-state index in [0.29, 0.717) is 12.1 Å². The summed E-state index contributed by atoms with van der Waals surface area (Å²) in [6.07, 6.45) is 2.52. The highest BCUT2D eigenvalue weighted by molar-refractivity contribution is 5.92. The topological polar surface area (TPSA) is 170 Å². The molecule has 10 heteroatoms. The number of nitrogens with two attached hydrogens (primary N) is 1. The van der Waals surface area contributed by atoms with Gasteiger partial charge in [-0.15, -0.1) is 0 Å². The number of nitrogens with zero attached hydrogens (tertiary/aromatic N) is 1. The minimum absolute atomic E-state index is 0.214. The largest absolute Gasteiger partial charge is 0.480 e. The van der Waals surface area contributed by atoms with E-state index in [0.717, 1.165) is 0 Å². The van der Waals surface area contributed by atoms with Gasteiger partial charge in [0.2, 0.25) is 11.8 Å². The zero-order chi connectivity index (χ0) is 19.9. The fourth-order valence-electron chi connectivity index (χ4n) is 2.32. The smallest absolute Gasteiger partial charge is 0.328 e. The van der Waals surface area contributed by atoms with Gasteiger partial charge in [0, 0.05) is 18.3 Å². The van der Waals surface area contributed by atoms with E-state index in [2.05, 4.69) is 20.6 Å². The second-order valence-corrected chi connectivity index (χ2v) is 6.32. The fourth-order valence-corrected chi connectivity index (χ4v) is 2.32. The number of H-pyrrole nitrogens is 1. The Morgan fingerprint density at radius 2 is 1.85 bits per heavy atom. The van der Waals surface area contributed by atoms with Crippen molar-refractivity contribution in [3.8, 4) is 0 Å². The number of rotatable bonds is 10. The first-order valence-electron chi connectivity index (χ1n) is 8.41. The van der Waals surface area contributed by atoms with Gasteiger partial charge in [0.25, 0.3) is 0 Å². The van der Waals surface area contributed by atoms with Crippen molar-refractivity contribution in [2.45, 2.75) is 57.8 Å². The Bertz CT molecular complexity index is 604. The van der Waals surface area contributed by atoms with Crippen molar-refractivity contribution in [2.24, 2.45) is 11.7 Å². The molecule has 0 aliphatic rings. The molecule has 7 N–H and O–H groups in total. The third-order valence-electron chi connectivity index (χ3n) is 4.17. The Kier molecular flexibility index (Phi) is 8.20. The van der Waals surface area contributed by atoms with E-state index < -0.39 is 42.0 Å². The van der Waals surface area contributed by atoms with Gasteiger partial charge in [-0.05, 0) is 12.8 Å². The monoisotopic (exact) mass is 369 g/mol. The predicted molar refractivity (Wildman–Crippen MR) is 92.9 cm³/mol. The Hall–Kier alpha value is -2.46. The Morgan fingerprint density at radius 1 is 1.23 bits per heavy atom. The van der Waals surface area contributed by atoms with Crippen LogP contribution in [0.2, 0.25) is 0 Å². The van der Waals surface area contributed by atoms with Crippen molar-refractivity contribution in [1.82, 2.24) is 20.6 Å². The van der Waals surface area contributed by atoms with E-state index in [1.165, 1.54) is 13.3 Å². The molecule has 5 atom stereocenters. The highest BCUT2D eigenvalue weighted by Crippen LogP contribution is 2.10. The molecule has 10 nitrogen and oxygen atoms in total. The van der Waals surface area contributed by atoms with Crippen LogP contribution in [0.4, 0.5) is 0 Å². The molecule has 0 aliphatic carbocycles. The van der Waals surface area contributed by atoms with Gasteiger partial charge in [-0.3, -0.25) is 9.59 Å². The lowest BCUT2D eigenvalue weighted by Crippen LogP contribution is -2.58. The van der Waals surface area contributed by atoms with E-state index >= 15 is 0 Å². The van der Waals surface area contributed by atoms with Crippen LogP contribution in [0.3, 0.4) is 0 Å². The number of carboxylic acid groups (broad SMARTS) is 1. The Balaban J connectivity index is 2.80. The number of amides is 2. The minimum atomic E-state index is -1.47. The third kappa shape index (κ3) is 6.12. The zero-order valence-electron chi connectivity index (χ0n) is 15.1. The molecule has 0 aliphatic heterocycles. The summed E-state index contributed by atoms with van der Waals surface area (Å²) in [6, 6.07) is -3.34. The van der Waals surface area contributed by atoms with Gasteiger partial charge in [0.15, 0.2) is 6.04 Å². The number of aliphatic hydroxyl groups excluding tert-OH is 1. The standard InChI is InChI=1S/C16H27N5O5/c1-4-8(2)12(15(24)21-13(9(3)22)16(25)26)20-14(23)11(17)5-10-6-18-7-19-10/h6-9,11-13,22H,4-5,17H2,1-3H3,(H,18,19)(H,20,23)(H,21,24)(H,25,26)/t8-,9+,11-,12-,13-/m0/s1. The maximum Gasteiger partial charge on any atom is 0.328 e. The van der Waals surface area contributed by atoms with Crippen LogP contribution in [0.1, 0.15) is 32.9 Å². The maximum absolute atomic E-state index is 12.5. The average Bonchev–Trinajstić information content (AvgIpc) is 3.08. The average molecular weight is 369 g/mol. The van der Waals surface area contributed by atoms with Gasteiger partial charge >= 0.3 is 5.97 Å². The van der Waals surface area contributed by atoms with E-state index in [1.54, 1.807) is 13.1 Å². The highest BCUT2D eigenvalue weighted by atomic mass is 16.4. The molecule has 26 heavy (non-hydrogen) atoms. The Morgan fingerprint density at radius 3 is 2.31 bits per heavy atom. The molecule has 146 valence electrons. The second kappa shape index (κ2) is 9.88. The third-order valence-corrected chi connectivity index (χ3v) is 4.17. The summed E-state index contributed by atoms with van der Waals surface area (Å²) in [6.45, 7) is 4.85. The Labute approximate surface area is 151 Å². The first-order valence-corrected chi connectivity index (χ1v) is 8.41.